The Labute approximate surface area is 186 Å². The van der Waals surface area contributed by atoms with Crippen LogP contribution in [0.2, 0.25) is 0 Å². The lowest BCUT2D eigenvalue weighted by molar-refractivity contribution is 0.479. The molecular weight excluding hydrogens is 402 g/mol. The van der Waals surface area contributed by atoms with Crippen LogP contribution in [0.25, 0.3) is 0 Å². The van der Waals surface area contributed by atoms with Gasteiger partial charge in [-0.2, -0.15) is 0 Å². The van der Waals surface area contributed by atoms with Gasteiger partial charge in [0.25, 0.3) is 0 Å². The van der Waals surface area contributed by atoms with Crippen LogP contribution in [0.3, 0.4) is 0 Å². The Morgan fingerprint density at radius 1 is 0.613 bits per heavy atom. The number of rotatable bonds is 7. The van der Waals surface area contributed by atoms with Crippen molar-refractivity contribution in [3.05, 3.63) is 128 Å². The maximum Gasteiger partial charge on any atom is 0.222 e. The predicted octanol–water partition coefficient (Wildman–Crippen LogP) is 7.54. The van der Waals surface area contributed by atoms with Gasteiger partial charge in [0.05, 0.1) is 11.9 Å². The van der Waals surface area contributed by atoms with Crippen molar-refractivity contribution in [2.75, 3.05) is 0 Å². The smallest absolute Gasteiger partial charge is 0.222 e. The van der Waals surface area contributed by atoms with E-state index >= 15 is 0 Å². The number of hydrogen-bond acceptors (Lipinski definition) is 4. The zero-order valence-electron chi connectivity index (χ0n) is 16.8. The van der Waals surface area contributed by atoms with Gasteiger partial charge in [0.1, 0.15) is 11.5 Å². The summed E-state index contributed by atoms with van der Waals surface area (Å²) >= 11 is 1.72. The van der Waals surface area contributed by atoms with Crippen molar-refractivity contribution in [1.29, 1.82) is 0 Å². The molecule has 0 N–H and O–H groups in total. The Morgan fingerprint density at radius 3 is 1.81 bits per heavy atom. The van der Waals surface area contributed by atoms with Gasteiger partial charge in [0, 0.05) is 15.9 Å². The zero-order chi connectivity index (χ0) is 21.1. The van der Waals surface area contributed by atoms with Gasteiger partial charge < -0.3 is 9.47 Å². The monoisotopic (exact) mass is 423 g/mol. The molecule has 0 unspecified atom stereocenters. The molecular formula is C27H21NO2S. The first-order chi connectivity index (χ1) is 15.3. The second-order valence-electron chi connectivity index (χ2n) is 6.51. The van der Waals surface area contributed by atoms with Crippen molar-refractivity contribution >= 4 is 23.3 Å². The molecule has 0 radical (unpaired) electrons. The summed E-state index contributed by atoms with van der Waals surface area (Å²) in [5.74, 6) is 1.90. The van der Waals surface area contributed by atoms with Crippen LogP contribution in [-0.2, 0) is 0 Å². The second kappa shape index (κ2) is 10.9. The molecule has 0 aliphatic heterocycles. The Balaban J connectivity index is 1.50. The van der Waals surface area contributed by atoms with E-state index in [2.05, 4.69) is 29.3 Å². The number of para-hydroxylation sites is 2. The van der Waals surface area contributed by atoms with E-state index < -0.39 is 0 Å². The van der Waals surface area contributed by atoms with E-state index in [-0.39, 0.29) is 0 Å². The third kappa shape index (κ3) is 6.63. The van der Waals surface area contributed by atoms with Gasteiger partial charge >= 0.3 is 0 Å². The summed E-state index contributed by atoms with van der Waals surface area (Å²) in [5, 5.41) is 0. The van der Waals surface area contributed by atoms with Crippen LogP contribution in [-0.4, -0.2) is 5.90 Å². The van der Waals surface area contributed by atoms with Crippen LogP contribution in [0.4, 0.5) is 5.69 Å². The van der Waals surface area contributed by atoms with Crippen LogP contribution in [0.5, 0.6) is 11.5 Å². The summed E-state index contributed by atoms with van der Waals surface area (Å²) in [5.41, 5.74) is 0.799. The molecule has 0 atom stereocenters. The van der Waals surface area contributed by atoms with Gasteiger partial charge in [0.2, 0.25) is 5.90 Å². The highest BCUT2D eigenvalue weighted by Crippen LogP contribution is 2.29. The molecule has 0 amide bonds. The molecule has 4 heteroatoms. The molecule has 0 aliphatic carbocycles. The largest absolute Gasteiger partial charge is 0.465 e. The highest BCUT2D eigenvalue weighted by atomic mass is 32.2. The Morgan fingerprint density at radius 2 is 1.16 bits per heavy atom. The van der Waals surface area contributed by atoms with E-state index in [4.69, 9.17) is 9.47 Å². The summed E-state index contributed by atoms with van der Waals surface area (Å²) in [4.78, 5) is 7.00. The fourth-order valence-electron chi connectivity index (χ4n) is 2.71. The standard InChI is InChI=1S/C27H21NO2S/c1-4-10-23(11-5-1)29-21-20-27(30-24-12-6-2-7-13-24)28-22-16-18-26(19-17-22)31-25-14-8-3-9-15-25/h1-21H. The average Bonchev–Trinajstić information content (AvgIpc) is 2.82. The van der Waals surface area contributed by atoms with E-state index in [1.807, 2.05) is 91.0 Å². The lowest BCUT2D eigenvalue weighted by Crippen LogP contribution is -2.05. The van der Waals surface area contributed by atoms with Gasteiger partial charge in [-0.3, -0.25) is 0 Å². The van der Waals surface area contributed by atoms with Crippen LogP contribution in [0, 0.1) is 0 Å². The molecule has 3 nitrogen and oxygen atoms in total. The van der Waals surface area contributed by atoms with Crippen molar-refractivity contribution in [3.8, 4) is 11.5 Å². The lowest BCUT2D eigenvalue weighted by atomic mass is 10.3. The Kier molecular flexibility index (Phi) is 7.18. The molecule has 4 aromatic carbocycles. The minimum atomic E-state index is 0.436. The van der Waals surface area contributed by atoms with Crippen LogP contribution < -0.4 is 9.47 Å². The molecule has 0 heterocycles. The number of hydrogen-bond donors (Lipinski definition) is 0. The first-order valence-electron chi connectivity index (χ1n) is 9.88. The molecule has 0 aliphatic rings. The third-order valence-corrected chi connectivity index (χ3v) is 5.19. The first-order valence-corrected chi connectivity index (χ1v) is 10.7. The number of nitrogens with zero attached hydrogens (tertiary/aromatic N) is 1. The second-order valence-corrected chi connectivity index (χ2v) is 7.65. The molecule has 0 fully saturated rings. The minimum Gasteiger partial charge on any atom is -0.465 e. The first kappa shape index (κ1) is 20.5. The van der Waals surface area contributed by atoms with Gasteiger partial charge in [-0.05, 0) is 60.7 Å². The van der Waals surface area contributed by atoms with E-state index in [1.165, 1.54) is 4.90 Å². The molecule has 4 aromatic rings. The average molecular weight is 424 g/mol. The number of aliphatic imine (C=N–C) groups is 1. The number of ether oxygens (including phenoxy) is 2. The van der Waals surface area contributed by atoms with Crippen molar-refractivity contribution < 1.29 is 9.47 Å². The highest BCUT2D eigenvalue weighted by Gasteiger charge is 2.02. The third-order valence-electron chi connectivity index (χ3n) is 4.18. The van der Waals surface area contributed by atoms with Crippen LogP contribution in [0.15, 0.2) is 142 Å². The van der Waals surface area contributed by atoms with Crippen molar-refractivity contribution in [2.45, 2.75) is 9.79 Å². The molecule has 0 saturated carbocycles. The normalized spacial score (nSPS) is 11.4. The van der Waals surface area contributed by atoms with Crippen molar-refractivity contribution in [3.63, 3.8) is 0 Å². The summed E-state index contributed by atoms with van der Waals surface area (Å²) < 4.78 is 11.6. The van der Waals surface area contributed by atoms with Gasteiger partial charge in [-0.15, -0.1) is 0 Å². The molecule has 0 saturated heterocycles. The van der Waals surface area contributed by atoms with E-state index in [0.29, 0.717) is 11.6 Å². The topological polar surface area (TPSA) is 30.8 Å². The molecule has 152 valence electrons. The van der Waals surface area contributed by atoms with Gasteiger partial charge in [0.15, 0.2) is 0 Å². The SMILES string of the molecule is C(=CC(=Nc1ccc(Sc2ccccc2)cc1)Oc1ccccc1)Oc1ccccc1. The summed E-state index contributed by atoms with van der Waals surface area (Å²) in [6.07, 6.45) is 3.30. The van der Waals surface area contributed by atoms with Crippen molar-refractivity contribution in [2.24, 2.45) is 4.99 Å². The van der Waals surface area contributed by atoms with Crippen LogP contribution >= 0.6 is 11.8 Å². The number of benzene rings is 4. The molecule has 0 spiro atoms. The summed E-state index contributed by atoms with van der Waals surface area (Å²) in [6.45, 7) is 0. The Hall–Kier alpha value is -3.76. The fourth-order valence-corrected chi connectivity index (χ4v) is 3.55. The fraction of sp³-hybridized carbons (Fsp3) is 0. The van der Waals surface area contributed by atoms with E-state index in [0.717, 1.165) is 16.3 Å². The maximum atomic E-state index is 5.96. The van der Waals surface area contributed by atoms with Gasteiger partial charge in [-0.25, -0.2) is 4.99 Å². The minimum absolute atomic E-state index is 0.436. The maximum absolute atomic E-state index is 5.96. The van der Waals surface area contributed by atoms with Crippen LogP contribution in [0.1, 0.15) is 0 Å². The lowest BCUT2D eigenvalue weighted by Gasteiger charge is -2.07. The zero-order valence-corrected chi connectivity index (χ0v) is 17.6. The van der Waals surface area contributed by atoms with E-state index in [1.54, 1.807) is 24.1 Å². The predicted molar refractivity (Wildman–Crippen MR) is 127 cm³/mol. The molecule has 0 aromatic heterocycles. The van der Waals surface area contributed by atoms with E-state index in [9.17, 15) is 0 Å². The summed E-state index contributed by atoms with van der Waals surface area (Å²) in [7, 11) is 0. The molecule has 0 bridgehead atoms. The Bertz CT molecular complexity index is 1130. The van der Waals surface area contributed by atoms with Gasteiger partial charge in [-0.1, -0.05) is 66.4 Å². The quantitative estimate of drug-likeness (QED) is 0.175. The molecule has 4 rings (SSSR count). The highest BCUT2D eigenvalue weighted by molar-refractivity contribution is 7.99. The van der Waals surface area contributed by atoms with Crippen molar-refractivity contribution in [1.82, 2.24) is 0 Å². The molecule has 31 heavy (non-hydrogen) atoms. The summed E-state index contributed by atoms with van der Waals surface area (Å²) in [6, 6.07) is 37.5.